The van der Waals surface area contributed by atoms with Crippen molar-refractivity contribution in [3.05, 3.63) is 45.5 Å². The molecule has 0 atom stereocenters. The van der Waals surface area contributed by atoms with Gasteiger partial charge in [-0.1, -0.05) is 29.3 Å². The quantitative estimate of drug-likeness (QED) is 0.673. The van der Waals surface area contributed by atoms with Crippen molar-refractivity contribution >= 4 is 40.2 Å². The maximum absolute atomic E-state index is 9.29. The molecule has 6 heteroatoms. The van der Waals surface area contributed by atoms with Crippen molar-refractivity contribution in [3.63, 3.8) is 0 Å². The summed E-state index contributed by atoms with van der Waals surface area (Å²) in [6.07, 6.45) is 1.64. The molecule has 0 radical (unpaired) electrons. The summed E-state index contributed by atoms with van der Waals surface area (Å²) in [7, 11) is 0. The molecule has 0 unspecified atom stereocenters. The van der Waals surface area contributed by atoms with Gasteiger partial charge in [0.05, 0.1) is 14.9 Å². The fourth-order valence-electron chi connectivity index (χ4n) is 1.77. The number of hydrogen-bond acceptors (Lipinski definition) is 3. The van der Waals surface area contributed by atoms with Gasteiger partial charge in [-0.25, -0.2) is 4.98 Å². The third-order valence-corrected chi connectivity index (χ3v) is 3.86. The number of pyridine rings is 1. The van der Waals surface area contributed by atoms with Crippen LogP contribution >= 0.6 is 34.5 Å². The zero-order valence-electron chi connectivity index (χ0n) is 8.89. The van der Waals surface area contributed by atoms with Crippen LogP contribution in [0.2, 0.25) is 10.0 Å². The fourth-order valence-corrected chi connectivity index (χ4v) is 2.99. The largest absolute Gasteiger partial charge is 0.288 e. The third-order valence-electron chi connectivity index (χ3n) is 2.50. The lowest BCUT2D eigenvalue weighted by molar-refractivity contribution is 1.15. The van der Waals surface area contributed by atoms with E-state index in [1.165, 1.54) is 11.3 Å². The Morgan fingerprint density at radius 1 is 1.39 bits per heavy atom. The lowest BCUT2D eigenvalue weighted by atomic mass is 10.3. The van der Waals surface area contributed by atoms with E-state index in [-0.39, 0.29) is 0 Å². The third kappa shape index (κ3) is 1.68. The van der Waals surface area contributed by atoms with E-state index >= 15 is 0 Å². The fraction of sp³-hybridized carbons (Fsp3) is 0. The molecule has 0 amide bonds. The number of aromatic nitrogens is 2. The molecule has 0 N–H and O–H groups in total. The Hall–Kier alpha value is -1.54. The van der Waals surface area contributed by atoms with Gasteiger partial charge in [-0.05, 0) is 17.5 Å². The zero-order valence-corrected chi connectivity index (χ0v) is 11.2. The zero-order chi connectivity index (χ0) is 12.7. The SMILES string of the molecule is N#Cc1c(-c2cccs2)nc2c(Cl)cc(Cl)cn12. The second-order valence-electron chi connectivity index (χ2n) is 3.60. The van der Waals surface area contributed by atoms with Gasteiger partial charge in [-0.3, -0.25) is 4.40 Å². The van der Waals surface area contributed by atoms with Crippen LogP contribution in [0.4, 0.5) is 0 Å². The molecule has 0 aliphatic heterocycles. The molecule has 3 heterocycles. The van der Waals surface area contributed by atoms with Crippen molar-refractivity contribution in [2.75, 3.05) is 0 Å². The monoisotopic (exact) mass is 293 g/mol. The number of thiophene rings is 1. The summed E-state index contributed by atoms with van der Waals surface area (Å²) in [5.74, 6) is 0. The van der Waals surface area contributed by atoms with Crippen molar-refractivity contribution < 1.29 is 0 Å². The van der Waals surface area contributed by atoms with Crippen molar-refractivity contribution in [2.24, 2.45) is 0 Å². The molecular weight excluding hydrogens is 289 g/mol. The van der Waals surface area contributed by atoms with Crippen molar-refractivity contribution in [2.45, 2.75) is 0 Å². The Labute approximate surface area is 117 Å². The molecule has 18 heavy (non-hydrogen) atoms. The highest BCUT2D eigenvalue weighted by molar-refractivity contribution is 7.13. The molecule has 0 bridgehead atoms. The summed E-state index contributed by atoms with van der Waals surface area (Å²) in [6, 6.07) is 7.60. The second kappa shape index (κ2) is 4.29. The molecule has 0 saturated carbocycles. The van der Waals surface area contributed by atoms with Crippen LogP contribution in [0.5, 0.6) is 0 Å². The Morgan fingerprint density at radius 3 is 2.89 bits per heavy atom. The normalized spacial score (nSPS) is 10.7. The summed E-state index contributed by atoms with van der Waals surface area (Å²) < 4.78 is 1.62. The van der Waals surface area contributed by atoms with Gasteiger partial charge in [0.25, 0.3) is 0 Å². The second-order valence-corrected chi connectivity index (χ2v) is 5.39. The van der Waals surface area contributed by atoms with Crippen LogP contribution in [-0.4, -0.2) is 9.38 Å². The summed E-state index contributed by atoms with van der Waals surface area (Å²) >= 11 is 13.6. The highest BCUT2D eigenvalue weighted by Crippen LogP contribution is 2.31. The maximum atomic E-state index is 9.29. The van der Waals surface area contributed by atoms with Crippen LogP contribution in [0.15, 0.2) is 29.8 Å². The van der Waals surface area contributed by atoms with Crippen LogP contribution in [0.1, 0.15) is 5.69 Å². The minimum atomic E-state index is 0.432. The first kappa shape index (κ1) is 11.5. The Morgan fingerprint density at radius 2 is 2.22 bits per heavy atom. The first-order valence-corrected chi connectivity index (χ1v) is 6.65. The average Bonchev–Trinajstić information content (AvgIpc) is 2.93. The average molecular weight is 294 g/mol. The topological polar surface area (TPSA) is 41.1 Å². The number of hydrogen-bond donors (Lipinski definition) is 0. The van der Waals surface area contributed by atoms with Crippen LogP contribution in [-0.2, 0) is 0 Å². The van der Waals surface area contributed by atoms with E-state index in [0.717, 1.165) is 4.88 Å². The molecule has 3 rings (SSSR count). The first-order valence-electron chi connectivity index (χ1n) is 5.02. The predicted molar refractivity (Wildman–Crippen MR) is 73.2 cm³/mol. The van der Waals surface area contributed by atoms with E-state index in [4.69, 9.17) is 23.2 Å². The van der Waals surface area contributed by atoms with Gasteiger partial charge in [0, 0.05) is 6.20 Å². The Bertz CT molecular complexity index is 769. The minimum Gasteiger partial charge on any atom is -0.288 e. The van der Waals surface area contributed by atoms with Crippen molar-refractivity contribution in [3.8, 4) is 16.6 Å². The van der Waals surface area contributed by atoms with E-state index in [0.29, 0.717) is 27.1 Å². The van der Waals surface area contributed by atoms with Gasteiger partial charge in [0.1, 0.15) is 11.8 Å². The van der Waals surface area contributed by atoms with Crippen LogP contribution in [0, 0.1) is 11.3 Å². The summed E-state index contributed by atoms with van der Waals surface area (Å²) in [6.45, 7) is 0. The van der Waals surface area contributed by atoms with Gasteiger partial charge in [0.2, 0.25) is 0 Å². The van der Waals surface area contributed by atoms with Gasteiger partial charge < -0.3 is 0 Å². The highest BCUT2D eigenvalue weighted by atomic mass is 35.5. The molecule has 0 spiro atoms. The molecule has 3 nitrogen and oxygen atoms in total. The maximum Gasteiger partial charge on any atom is 0.157 e. The van der Waals surface area contributed by atoms with E-state index < -0.39 is 0 Å². The van der Waals surface area contributed by atoms with E-state index in [2.05, 4.69) is 11.1 Å². The predicted octanol–water partition coefficient (Wildman–Crippen LogP) is 4.24. The van der Waals surface area contributed by atoms with Gasteiger partial charge in [-0.15, -0.1) is 11.3 Å². The van der Waals surface area contributed by atoms with Crippen LogP contribution in [0.3, 0.4) is 0 Å². The molecule has 0 fully saturated rings. The lowest BCUT2D eigenvalue weighted by Crippen LogP contribution is -1.89. The van der Waals surface area contributed by atoms with Crippen LogP contribution in [0.25, 0.3) is 16.2 Å². The van der Waals surface area contributed by atoms with Gasteiger partial charge in [0.15, 0.2) is 11.3 Å². The minimum absolute atomic E-state index is 0.432. The number of fused-ring (bicyclic) bond motifs is 1. The molecular formula is C12H5Cl2N3S. The number of halogens is 2. The van der Waals surface area contributed by atoms with Crippen LogP contribution < -0.4 is 0 Å². The number of rotatable bonds is 1. The van der Waals surface area contributed by atoms with E-state index in [9.17, 15) is 5.26 Å². The molecule has 3 aromatic heterocycles. The number of nitriles is 1. The first-order chi connectivity index (χ1) is 8.70. The number of imidazole rings is 1. The molecule has 88 valence electrons. The number of nitrogens with zero attached hydrogens (tertiary/aromatic N) is 3. The Kier molecular flexibility index (Phi) is 2.75. The Balaban J connectivity index is 2.42. The highest BCUT2D eigenvalue weighted by Gasteiger charge is 2.16. The summed E-state index contributed by atoms with van der Waals surface area (Å²) in [4.78, 5) is 5.36. The summed E-state index contributed by atoms with van der Waals surface area (Å²) in [5.41, 5.74) is 1.62. The van der Waals surface area contributed by atoms with Gasteiger partial charge in [-0.2, -0.15) is 5.26 Å². The summed E-state index contributed by atoms with van der Waals surface area (Å²) in [5, 5.41) is 12.1. The van der Waals surface area contributed by atoms with E-state index in [1.54, 1.807) is 16.7 Å². The van der Waals surface area contributed by atoms with Gasteiger partial charge >= 0.3 is 0 Å². The molecule has 0 aromatic carbocycles. The molecule has 0 saturated heterocycles. The van der Waals surface area contributed by atoms with E-state index in [1.807, 2.05) is 17.5 Å². The smallest absolute Gasteiger partial charge is 0.157 e. The van der Waals surface area contributed by atoms with Crippen molar-refractivity contribution in [1.29, 1.82) is 5.26 Å². The molecule has 0 aliphatic rings. The van der Waals surface area contributed by atoms with Crippen molar-refractivity contribution in [1.82, 2.24) is 9.38 Å². The standard InChI is InChI=1S/C12H5Cl2N3S/c13-7-4-8(14)12-16-11(10-2-1-3-18-10)9(5-15)17(12)6-7/h1-4,6H. The lowest BCUT2D eigenvalue weighted by Gasteiger charge is -1.97. The molecule has 0 aliphatic carbocycles. The molecule has 3 aromatic rings.